The average Bonchev–Trinajstić information content (AvgIpc) is 2.07. The Morgan fingerprint density at radius 2 is 1.58 bits per heavy atom. The van der Waals surface area contributed by atoms with Gasteiger partial charge in [0.25, 0.3) is 0 Å². The third-order valence-electron chi connectivity index (χ3n) is 1.03. The summed E-state index contributed by atoms with van der Waals surface area (Å²) in [5, 5.41) is 0. The van der Waals surface area contributed by atoms with Crippen LogP contribution in [-0.2, 0) is 9.59 Å². The molecular weight excluding hydrogens is 152 g/mol. The zero-order valence-electron chi connectivity index (χ0n) is 8.18. The Morgan fingerprint density at radius 1 is 1.17 bits per heavy atom. The molecule has 0 aliphatic carbocycles. The Kier molecular flexibility index (Phi) is 8.85. The second-order valence-electron chi connectivity index (χ2n) is 2.01. The number of hydrogen-bond acceptors (Lipinski definition) is 2. The Bertz CT molecular complexity index is 200. The van der Waals surface area contributed by atoms with Crippen LogP contribution in [0.2, 0.25) is 0 Å². The summed E-state index contributed by atoms with van der Waals surface area (Å²) in [4.78, 5) is 21.0. The number of rotatable bonds is 3. The van der Waals surface area contributed by atoms with E-state index in [0.29, 0.717) is 5.57 Å². The lowest BCUT2D eigenvalue weighted by Gasteiger charge is -1.87. The molecule has 0 aliphatic heterocycles. The molecule has 0 saturated heterocycles. The van der Waals surface area contributed by atoms with Crippen molar-refractivity contribution in [2.24, 2.45) is 0 Å². The number of Topliss-reactive ketones (excluding diaryl/α,β-unsaturated/α-hetero) is 1. The number of hydrogen-bond donors (Lipinski definition) is 0. The minimum absolute atomic E-state index is 0.443. The molecule has 0 aliphatic rings. The van der Waals surface area contributed by atoms with Gasteiger partial charge in [-0.25, -0.2) is 0 Å². The van der Waals surface area contributed by atoms with E-state index >= 15 is 0 Å². The van der Waals surface area contributed by atoms with E-state index < -0.39 is 11.6 Å². The Labute approximate surface area is 74.0 Å². The van der Waals surface area contributed by atoms with Crippen molar-refractivity contribution in [3.05, 3.63) is 24.3 Å². The molecule has 0 atom stereocenters. The highest BCUT2D eigenvalue weighted by molar-refractivity contribution is 6.40. The van der Waals surface area contributed by atoms with Gasteiger partial charge in [-0.2, -0.15) is 0 Å². The van der Waals surface area contributed by atoms with Crippen LogP contribution >= 0.6 is 0 Å². The summed E-state index contributed by atoms with van der Waals surface area (Å²) >= 11 is 0. The van der Waals surface area contributed by atoms with Crippen LogP contribution in [0.15, 0.2) is 24.3 Å². The second-order valence-corrected chi connectivity index (χ2v) is 2.01. The van der Waals surface area contributed by atoms with Gasteiger partial charge < -0.3 is 0 Å². The fraction of sp³-hybridized carbons (Fsp3) is 0.400. The van der Waals surface area contributed by atoms with E-state index in [0.717, 1.165) is 0 Å². The Morgan fingerprint density at radius 3 is 1.83 bits per heavy atom. The first-order valence-corrected chi connectivity index (χ1v) is 3.93. The molecule has 0 bridgehead atoms. The molecule has 0 aromatic heterocycles. The second kappa shape index (κ2) is 7.92. The molecule has 0 amide bonds. The third kappa shape index (κ3) is 6.93. The maximum absolute atomic E-state index is 10.6. The molecule has 0 rings (SSSR count). The SMILES string of the molecule is C=C/C(C)=C\C(=O)C(C)=O.CC. The van der Waals surface area contributed by atoms with E-state index in [4.69, 9.17) is 0 Å². The van der Waals surface area contributed by atoms with Crippen molar-refractivity contribution in [3.63, 3.8) is 0 Å². The van der Waals surface area contributed by atoms with Crippen molar-refractivity contribution in [3.8, 4) is 0 Å². The van der Waals surface area contributed by atoms with E-state index in [2.05, 4.69) is 6.58 Å². The van der Waals surface area contributed by atoms with Gasteiger partial charge in [-0.15, -0.1) is 0 Å². The van der Waals surface area contributed by atoms with Crippen LogP contribution in [0.5, 0.6) is 0 Å². The van der Waals surface area contributed by atoms with Gasteiger partial charge >= 0.3 is 0 Å². The van der Waals surface area contributed by atoms with E-state index in [9.17, 15) is 9.59 Å². The van der Waals surface area contributed by atoms with Crippen molar-refractivity contribution in [1.82, 2.24) is 0 Å². The van der Waals surface area contributed by atoms with E-state index in [1.165, 1.54) is 19.1 Å². The number of ketones is 2. The summed E-state index contributed by atoms with van der Waals surface area (Å²) in [5.41, 5.74) is 0.709. The van der Waals surface area contributed by atoms with Crippen LogP contribution in [0.3, 0.4) is 0 Å². The van der Waals surface area contributed by atoms with Crippen LogP contribution < -0.4 is 0 Å². The summed E-state index contributed by atoms with van der Waals surface area (Å²) in [6, 6.07) is 0. The first-order valence-electron chi connectivity index (χ1n) is 3.93. The normalized spacial score (nSPS) is 9.50. The zero-order valence-corrected chi connectivity index (χ0v) is 8.18. The third-order valence-corrected chi connectivity index (χ3v) is 1.03. The predicted octanol–water partition coefficient (Wildman–Crippen LogP) is 2.30. The molecule has 2 nitrogen and oxygen atoms in total. The smallest absolute Gasteiger partial charge is 0.221 e. The topological polar surface area (TPSA) is 34.1 Å². The standard InChI is InChI=1S/C8H10O2.C2H6/c1-4-6(2)5-8(10)7(3)9;1-2/h4-5H,1H2,2-3H3;1-2H3/b6-5-;. The largest absolute Gasteiger partial charge is 0.291 e. The summed E-state index contributed by atoms with van der Waals surface area (Å²) in [6.45, 7) is 10.4. The van der Waals surface area contributed by atoms with E-state index in [1.54, 1.807) is 6.92 Å². The first-order chi connectivity index (χ1) is 5.57. The first kappa shape index (κ1) is 13.4. The quantitative estimate of drug-likeness (QED) is 0.368. The average molecular weight is 168 g/mol. The highest BCUT2D eigenvalue weighted by Gasteiger charge is 2.01. The van der Waals surface area contributed by atoms with Crippen molar-refractivity contribution in [2.75, 3.05) is 0 Å². The Hall–Kier alpha value is -1.18. The fourth-order valence-corrected chi connectivity index (χ4v) is 0.367. The molecule has 0 N–H and O–H groups in total. The number of carbonyl (C=O) groups is 2. The molecule has 0 radical (unpaired) electrons. The molecule has 0 unspecified atom stereocenters. The van der Waals surface area contributed by atoms with E-state index in [-0.39, 0.29) is 0 Å². The van der Waals surface area contributed by atoms with Crippen molar-refractivity contribution < 1.29 is 9.59 Å². The van der Waals surface area contributed by atoms with Crippen LogP contribution in [-0.4, -0.2) is 11.6 Å². The van der Waals surface area contributed by atoms with Gasteiger partial charge in [0.15, 0.2) is 5.78 Å². The molecule has 68 valence electrons. The highest BCUT2D eigenvalue weighted by Crippen LogP contribution is 1.92. The van der Waals surface area contributed by atoms with Crippen molar-refractivity contribution >= 4 is 11.6 Å². The maximum Gasteiger partial charge on any atom is 0.221 e. The minimum atomic E-state index is -0.475. The van der Waals surface area contributed by atoms with Crippen molar-refractivity contribution in [2.45, 2.75) is 27.7 Å². The van der Waals surface area contributed by atoms with E-state index in [1.807, 2.05) is 13.8 Å². The molecular formula is C10H16O2. The molecule has 0 aromatic carbocycles. The molecule has 2 heteroatoms. The van der Waals surface area contributed by atoms with Crippen molar-refractivity contribution in [1.29, 1.82) is 0 Å². The molecule has 0 saturated carbocycles. The molecule has 12 heavy (non-hydrogen) atoms. The number of carbonyl (C=O) groups excluding carboxylic acids is 2. The summed E-state index contributed by atoms with van der Waals surface area (Å²) in [6.07, 6.45) is 2.80. The Balaban J connectivity index is 0. The maximum atomic E-state index is 10.6. The van der Waals surface area contributed by atoms with Crippen LogP contribution in [0, 0.1) is 0 Å². The van der Waals surface area contributed by atoms with Crippen LogP contribution in [0.25, 0.3) is 0 Å². The lowest BCUT2D eigenvalue weighted by Crippen LogP contribution is -2.05. The predicted molar refractivity (Wildman–Crippen MR) is 51.0 cm³/mol. The van der Waals surface area contributed by atoms with Gasteiger partial charge in [-0.05, 0) is 18.6 Å². The summed E-state index contributed by atoms with van der Waals surface area (Å²) in [5.74, 6) is -0.918. The molecule has 0 heterocycles. The zero-order chi connectivity index (χ0) is 10.1. The summed E-state index contributed by atoms with van der Waals surface area (Å²) in [7, 11) is 0. The monoisotopic (exact) mass is 168 g/mol. The highest BCUT2D eigenvalue weighted by atomic mass is 16.2. The molecule has 0 spiro atoms. The van der Waals surface area contributed by atoms with Crippen LogP contribution in [0.4, 0.5) is 0 Å². The summed E-state index contributed by atoms with van der Waals surface area (Å²) < 4.78 is 0. The van der Waals surface area contributed by atoms with Gasteiger partial charge in [0, 0.05) is 6.92 Å². The van der Waals surface area contributed by atoms with Gasteiger partial charge in [0.2, 0.25) is 5.78 Å². The van der Waals surface area contributed by atoms with Crippen LogP contribution in [0.1, 0.15) is 27.7 Å². The van der Waals surface area contributed by atoms with Gasteiger partial charge in [0.05, 0.1) is 0 Å². The molecule has 0 fully saturated rings. The lowest BCUT2D eigenvalue weighted by atomic mass is 10.2. The lowest BCUT2D eigenvalue weighted by molar-refractivity contribution is -0.132. The fourth-order valence-electron chi connectivity index (χ4n) is 0.367. The van der Waals surface area contributed by atoms with Gasteiger partial charge in [-0.3, -0.25) is 9.59 Å². The number of allylic oxidation sites excluding steroid dienone is 3. The molecule has 0 aromatic rings. The van der Waals surface area contributed by atoms with Gasteiger partial charge in [0.1, 0.15) is 0 Å². The van der Waals surface area contributed by atoms with Gasteiger partial charge in [-0.1, -0.05) is 26.5 Å². The minimum Gasteiger partial charge on any atom is -0.291 e.